The van der Waals surface area contributed by atoms with Crippen molar-refractivity contribution in [3.8, 4) is 0 Å². The summed E-state index contributed by atoms with van der Waals surface area (Å²) in [6.07, 6.45) is 0. The van der Waals surface area contributed by atoms with Crippen molar-refractivity contribution in [1.29, 1.82) is 0 Å². The van der Waals surface area contributed by atoms with Gasteiger partial charge in [0.15, 0.2) is 5.43 Å². The molecule has 0 saturated heterocycles. The van der Waals surface area contributed by atoms with Crippen LogP contribution in [0.4, 0.5) is 0 Å². The molecule has 5 rings (SSSR count). The van der Waals surface area contributed by atoms with Crippen LogP contribution in [-0.2, 0) is 4.57 Å². The molecule has 0 aliphatic carbocycles. The smallest absolute Gasteiger partial charge is 0.289 e. The predicted octanol–water partition coefficient (Wildman–Crippen LogP) is 9.88. The van der Waals surface area contributed by atoms with Crippen LogP contribution in [0.1, 0.15) is 79.4 Å². The fourth-order valence-electron chi connectivity index (χ4n) is 5.51. The Morgan fingerprint density at radius 1 is 0.643 bits per heavy atom. The van der Waals surface area contributed by atoms with Gasteiger partial charge in [0, 0.05) is 20.2 Å². The highest BCUT2D eigenvalue weighted by Crippen LogP contribution is 2.36. The number of fused-ring (bicyclic) bond motifs is 2. The molecule has 4 nitrogen and oxygen atoms in total. The lowest BCUT2D eigenvalue weighted by atomic mass is 10.0. The second kappa shape index (κ2) is 12.6. The maximum Gasteiger partial charge on any atom is 0.501 e. The molecule has 0 aliphatic rings. The minimum atomic E-state index is -2.67. The lowest BCUT2D eigenvalue weighted by Gasteiger charge is -2.07. The Balaban J connectivity index is 0.000000200. The van der Waals surface area contributed by atoms with Gasteiger partial charge in [-0.2, -0.15) is 0 Å². The molecule has 0 atom stereocenters. The van der Waals surface area contributed by atoms with Gasteiger partial charge in [-0.25, -0.2) is 9.59 Å². The summed E-state index contributed by atoms with van der Waals surface area (Å²) in [5.74, 6) is 0.449. The van der Waals surface area contributed by atoms with E-state index >= 15 is 0 Å². The molecule has 4 aromatic carbocycles. The highest BCUT2D eigenvalue weighted by Gasteiger charge is 2.42. The average molecular weight is 596 g/mol. The fourth-order valence-corrected chi connectivity index (χ4v) is 7.86. The molecule has 6 heteroatoms. The van der Waals surface area contributed by atoms with Gasteiger partial charge in [-0.3, -0.25) is 4.79 Å². The summed E-state index contributed by atoms with van der Waals surface area (Å²) < 4.78 is 14.8. The van der Waals surface area contributed by atoms with Crippen molar-refractivity contribution in [2.75, 3.05) is 0 Å². The van der Waals surface area contributed by atoms with Gasteiger partial charge < -0.3 is 0 Å². The van der Waals surface area contributed by atoms with E-state index in [4.69, 9.17) is 0 Å². The first-order valence-electron chi connectivity index (χ1n) is 14.0. The van der Waals surface area contributed by atoms with Crippen LogP contribution in [0, 0.1) is 41.5 Å². The molecule has 42 heavy (non-hydrogen) atoms. The van der Waals surface area contributed by atoms with Gasteiger partial charge in [0.2, 0.25) is 0 Å². The Bertz CT molecular complexity index is 1830. The zero-order chi connectivity index (χ0) is 30.9. The molecule has 0 spiro atoms. The van der Waals surface area contributed by atoms with Gasteiger partial charge >= 0.3 is 18.8 Å². The van der Waals surface area contributed by atoms with Crippen molar-refractivity contribution in [3.63, 3.8) is 0 Å². The van der Waals surface area contributed by atoms with Crippen molar-refractivity contribution >= 4 is 50.4 Å². The largest absolute Gasteiger partial charge is 0.501 e. The molecular weight excluding hydrogens is 559 g/mol. The van der Waals surface area contributed by atoms with Crippen LogP contribution in [0.25, 0.3) is 20.2 Å². The minimum absolute atomic E-state index is 0.154. The molecule has 0 aliphatic heterocycles. The van der Waals surface area contributed by atoms with Crippen molar-refractivity contribution < 1.29 is 14.2 Å². The SMILES string of the molecule is CC(C)c1ccc2sc3ccccc3c(=O)c2c1.Cc1cc(C)c(C(=O)[P+](=O)C(=O)c2c(C)cc(C)cc2C)c(C)c1. The molecule has 0 N–H and O–H groups in total. The van der Waals surface area contributed by atoms with E-state index in [0.717, 1.165) is 53.6 Å². The quantitative estimate of drug-likeness (QED) is 0.150. The molecule has 1 aromatic heterocycles. The number of benzene rings is 4. The van der Waals surface area contributed by atoms with Crippen molar-refractivity contribution in [3.05, 3.63) is 127 Å². The zero-order valence-corrected chi connectivity index (χ0v) is 27.1. The average Bonchev–Trinajstić information content (AvgIpc) is 2.91. The molecule has 1 heterocycles. The van der Waals surface area contributed by atoms with Gasteiger partial charge in [-0.05, 0) is 99.5 Å². The summed E-state index contributed by atoms with van der Waals surface area (Å²) >= 11 is 1.69. The van der Waals surface area contributed by atoms with E-state index in [1.165, 1.54) is 5.56 Å². The van der Waals surface area contributed by atoms with Crippen LogP contribution in [0.15, 0.2) is 71.5 Å². The van der Waals surface area contributed by atoms with Gasteiger partial charge in [0.05, 0.1) is 11.1 Å². The normalized spacial score (nSPS) is 11.0. The van der Waals surface area contributed by atoms with Crippen molar-refractivity contribution in [2.45, 2.75) is 61.3 Å². The van der Waals surface area contributed by atoms with Gasteiger partial charge in [-0.15, -0.1) is 11.3 Å². The molecule has 0 radical (unpaired) electrons. The maximum atomic E-state index is 12.7. The summed E-state index contributed by atoms with van der Waals surface area (Å²) in [5, 5.41) is 1.68. The van der Waals surface area contributed by atoms with E-state index in [2.05, 4.69) is 26.0 Å². The third-order valence-electron chi connectivity index (χ3n) is 7.42. The highest BCUT2D eigenvalue weighted by molar-refractivity contribution is 7.80. The number of aryl methyl sites for hydroxylation is 6. The molecule has 0 saturated carbocycles. The summed E-state index contributed by atoms with van der Waals surface area (Å²) in [4.78, 5) is 37.9. The number of hydrogen-bond acceptors (Lipinski definition) is 5. The van der Waals surface area contributed by atoms with Crippen LogP contribution in [-0.4, -0.2) is 11.0 Å². The Hall–Kier alpha value is -3.79. The number of carbonyl (C=O) groups excluding carboxylic acids is 2. The van der Waals surface area contributed by atoms with Gasteiger partial charge in [-0.1, -0.05) is 72.0 Å². The highest BCUT2D eigenvalue weighted by atomic mass is 32.1. The van der Waals surface area contributed by atoms with Crippen LogP contribution < -0.4 is 5.43 Å². The van der Waals surface area contributed by atoms with E-state index in [0.29, 0.717) is 17.0 Å². The summed E-state index contributed by atoms with van der Waals surface area (Å²) in [6, 6.07) is 21.6. The Kier molecular flexibility index (Phi) is 9.35. The Labute approximate surface area is 252 Å². The van der Waals surface area contributed by atoms with E-state index in [1.54, 1.807) is 11.3 Å². The lowest BCUT2D eigenvalue weighted by Crippen LogP contribution is -2.08. The fraction of sp³-hybridized carbons (Fsp3) is 0.250. The van der Waals surface area contributed by atoms with Gasteiger partial charge in [0.1, 0.15) is 0 Å². The first-order valence-corrected chi connectivity index (χ1v) is 16.0. The second-order valence-corrected chi connectivity index (χ2v) is 13.8. The number of carbonyl (C=O) groups is 2. The number of rotatable bonds is 5. The Morgan fingerprint density at radius 2 is 1.10 bits per heavy atom. The lowest BCUT2D eigenvalue weighted by molar-refractivity contribution is 0.104. The molecule has 0 fully saturated rings. The standard InChI is InChI=1S/C20H22O3P.C16H14OS/c1-11-7-13(3)17(14(4)8-11)19(21)24(23)20(22)18-15(5)9-12(2)10-16(18)6;1-10(2)11-7-8-15-13(9-11)16(17)12-5-3-4-6-14(12)18-15/h7-10H,1-6H3;3-10H,1-2H3/q+1;. The predicted molar refractivity (Wildman–Crippen MR) is 177 cm³/mol. The second-order valence-electron chi connectivity index (χ2n) is 11.3. The van der Waals surface area contributed by atoms with E-state index in [9.17, 15) is 18.9 Å². The van der Waals surface area contributed by atoms with E-state index in [1.807, 2.05) is 96.1 Å². The monoisotopic (exact) mass is 595 g/mol. The molecular formula is C36H36O4PS+. The third-order valence-corrected chi connectivity index (χ3v) is 9.75. The van der Waals surface area contributed by atoms with Crippen LogP contribution >= 0.6 is 19.1 Å². The summed E-state index contributed by atoms with van der Waals surface area (Å²) in [6.45, 7) is 15.4. The first-order chi connectivity index (χ1) is 19.8. The minimum Gasteiger partial charge on any atom is -0.289 e. The van der Waals surface area contributed by atoms with E-state index in [-0.39, 0.29) is 5.43 Å². The molecule has 214 valence electrons. The Morgan fingerprint density at radius 3 is 1.57 bits per heavy atom. The molecule has 5 aromatic rings. The molecule has 0 amide bonds. The molecule has 0 unspecified atom stereocenters. The topological polar surface area (TPSA) is 68.3 Å². The van der Waals surface area contributed by atoms with Gasteiger partial charge in [0.25, 0.3) is 0 Å². The summed E-state index contributed by atoms with van der Waals surface area (Å²) in [7, 11) is -2.67. The van der Waals surface area contributed by atoms with Crippen LogP contribution in [0.2, 0.25) is 0 Å². The summed E-state index contributed by atoms with van der Waals surface area (Å²) in [5.41, 5.74) is 6.11. The van der Waals surface area contributed by atoms with E-state index < -0.39 is 18.8 Å². The van der Waals surface area contributed by atoms with Crippen molar-refractivity contribution in [2.24, 2.45) is 0 Å². The number of hydrogen-bond donors (Lipinski definition) is 0. The molecule has 0 bridgehead atoms. The van der Waals surface area contributed by atoms with Crippen molar-refractivity contribution in [1.82, 2.24) is 0 Å². The zero-order valence-electron chi connectivity index (χ0n) is 25.4. The maximum absolute atomic E-state index is 12.7. The first kappa shape index (κ1) is 31.2. The third kappa shape index (κ3) is 6.33. The van der Waals surface area contributed by atoms with Crippen LogP contribution in [0.3, 0.4) is 0 Å². The van der Waals surface area contributed by atoms with Crippen LogP contribution in [0.5, 0.6) is 0 Å².